The normalized spacial score (nSPS) is 10.2. The molecule has 0 aliphatic carbocycles. The number of nitrogens with zero attached hydrogens (tertiary/aromatic N) is 3. The van der Waals surface area contributed by atoms with Crippen molar-refractivity contribution < 1.29 is 4.74 Å². The minimum absolute atomic E-state index is 0.431. The van der Waals surface area contributed by atoms with Gasteiger partial charge < -0.3 is 15.8 Å². The molecule has 6 heteroatoms. The van der Waals surface area contributed by atoms with Gasteiger partial charge in [-0.1, -0.05) is 0 Å². The molecule has 0 spiro atoms. The summed E-state index contributed by atoms with van der Waals surface area (Å²) in [5.41, 5.74) is 7.28. The van der Waals surface area contributed by atoms with E-state index in [0.717, 1.165) is 11.5 Å². The number of aromatic nitrogens is 3. The molecule has 2 aromatic rings. The quantitative estimate of drug-likeness (QED) is 0.824. The van der Waals surface area contributed by atoms with Crippen LogP contribution in [0.4, 0.5) is 11.5 Å². The highest BCUT2D eigenvalue weighted by molar-refractivity contribution is 5.53. The Morgan fingerprint density at radius 2 is 2.24 bits per heavy atom. The van der Waals surface area contributed by atoms with Crippen LogP contribution in [0, 0.1) is 0 Å². The first kappa shape index (κ1) is 11.3. The van der Waals surface area contributed by atoms with Gasteiger partial charge in [-0.3, -0.25) is 4.68 Å². The molecule has 0 saturated carbocycles. The Balaban J connectivity index is 2.07. The van der Waals surface area contributed by atoms with Crippen molar-refractivity contribution >= 4 is 11.5 Å². The van der Waals surface area contributed by atoms with Gasteiger partial charge in [-0.25, -0.2) is 0 Å². The smallest absolute Gasteiger partial charge is 0.238 e. The predicted molar refractivity (Wildman–Crippen MR) is 65.7 cm³/mol. The molecule has 2 aromatic heterocycles. The molecule has 0 amide bonds. The van der Waals surface area contributed by atoms with Crippen molar-refractivity contribution in [1.82, 2.24) is 14.8 Å². The summed E-state index contributed by atoms with van der Waals surface area (Å²) in [6.45, 7) is 0.649. The average Bonchev–Trinajstić information content (AvgIpc) is 2.74. The van der Waals surface area contributed by atoms with Gasteiger partial charge in [0.15, 0.2) is 0 Å². The van der Waals surface area contributed by atoms with E-state index in [9.17, 15) is 0 Å². The summed E-state index contributed by atoms with van der Waals surface area (Å²) in [6, 6.07) is 5.52. The van der Waals surface area contributed by atoms with Crippen LogP contribution in [0.2, 0.25) is 0 Å². The van der Waals surface area contributed by atoms with Crippen LogP contribution in [-0.2, 0) is 13.6 Å². The first-order chi connectivity index (χ1) is 8.20. The minimum Gasteiger partial charge on any atom is -0.479 e. The van der Waals surface area contributed by atoms with E-state index in [4.69, 9.17) is 10.5 Å². The molecule has 6 nitrogen and oxygen atoms in total. The Bertz CT molecular complexity index is 508. The number of hydrogen-bond acceptors (Lipinski definition) is 5. The molecule has 0 aromatic carbocycles. The van der Waals surface area contributed by atoms with E-state index >= 15 is 0 Å². The summed E-state index contributed by atoms with van der Waals surface area (Å²) in [4.78, 5) is 4.23. The topological polar surface area (TPSA) is 78.0 Å². The molecule has 2 heterocycles. The maximum atomic E-state index is 5.69. The highest BCUT2D eigenvalue weighted by atomic mass is 16.5. The number of methoxy groups -OCH3 is 1. The van der Waals surface area contributed by atoms with Gasteiger partial charge >= 0.3 is 0 Å². The number of nitrogens with one attached hydrogen (secondary N) is 1. The third-order valence-corrected chi connectivity index (χ3v) is 2.46. The van der Waals surface area contributed by atoms with Gasteiger partial charge in [-0.05, 0) is 18.2 Å². The van der Waals surface area contributed by atoms with E-state index < -0.39 is 0 Å². The van der Waals surface area contributed by atoms with E-state index in [1.165, 1.54) is 0 Å². The summed E-state index contributed by atoms with van der Waals surface area (Å²) in [6.07, 6.45) is 1.76. The van der Waals surface area contributed by atoms with E-state index in [0.29, 0.717) is 18.1 Å². The SMILES string of the molecule is COc1nc(NCc2ccnn2C)ccc1N. The molecule has 90 valence electrons. The molecule has 0 bridgehead atoms. The number of anilines is 2. The number of ether oxygens (including phenoxy) is 1. The number of rotatable bonds is 4. The number of pyridine rings is 1. The van der Waals surface area contributed by atoms with Crippen molar-refractivity contribution in [2.45, 2.75) is 6.54 Å². The van der Waals surface area contributed by atoms with Crippen molar-refractivity contribution in [1.29, 1.82) is 0 Å². The van der Waals surface area contributed by atoms with Crippen molar-refractivity contribution in [2.75, 3.05) is 18.2 Å². The first-order valence-corrected chi connectivity index (χ1v) is 5.22. The van der Waals surface area contributed by atoms with Gasteiger partial charge in [0.1, 0.15) is 5.82 Å². The molecule has 0 aliphatic rings. The van der Waals surface area contributed by atoms with E-state index in [1.54, 1.807) is 19.4 Å². The molecule has 2 rings (SSSR count). The van der Waals surface area contributed by atoms with Crippen LogP contribution >= 0.6 is 0 Å². The highest BCUT2D eigenvalue weighted by Gasteiger charge is 2.03. The first-order valence-electron chi connectivity index (χ1n) is 5.22. The molecule has 0 unspecified atom stereocenters. The third-order valence-electron chi connectivity index (χ3n) is 2.46. The average molecular weight is 233 g/mol. The molecule has 0 atom stereocenters. The zero-order chi connectivity index (χ0) is 12.3. The monoisotopic (exact) mass is 233 g/mol. The molecule has 0 fully saturated rings. The number of nitrogen functional groups attached to an aromatic ring is 1. The number of nitrogens with two attached hydrogens (primary N) is 1. The van der Waals surface area contributed by atoms with Crippen LogP contribution in [0.25, 0.3) is 0 Å². The van der Waals surface area contributed by atoms with E-state index in [1.807, 2.05) is 23.9 Å². The van der Waals surface area contributed by atoms with Gasteiger partial charge in [0.25, 0.3) is 0 Å². The van der Waals surface area contributed by atoms with Crippen molar-refractivity contribution in [3.63, 3.8) is 0 Å². The maximum absolute atomic E-state index is 5.69. The lowest BCUT2D eigenvalue weighted by Crippen LogP contribution is -2.07. The molecular weight excluding hydrogens is 218 g/mol. The van der Waals surface area contributed by atoms with Gasteiger partial charge in [0, 0.05) is 13.2 Å². The van der Waals surface area contributed by atoms with Crippen molar-refractivity contribution in [2.24, 2.45) is 7.05 Å². The Morgan fingerprint density at radius 1 is 1.41 bits per heavy atom. The van der Waals surface area contributed by atoms with Crippen molar-refractivity contribution in [3.8, 4) is 5.88 Å². The van der Waals surface area contributed by atoms with Gasteiger partial charge in [-0.2, -0.15) is 10.1 Å². The fourth-order valence-electron chi connectivity index (χ4n) is 1.47. The molecule has 0 saturated heterocycles. The molecule has 0 aliphatic heterocycles. The maximum Gasteiger partial charge on any atom is 0.238 e. The second-order valence-electron chi connectivity index (χ2n) is 3.59. The van der Waals surface area contributed by atoms with Crippen LogP contribution in [0.15, 0.2) is 24.4 Å². The fourth-order valence-corrected chi connectivity index (χ4v) is 1.47. The van der Waals surface area contributed by atoms with Crippen LogP contribution in [-0.4, -0.2) is 21.9 Å². The number of aryl methyl sites for hydroxylation is 1. The predicted octanol–water partition coefficient (Wildman–Crippen LogP) is 1.02. The van der Waals surface area contributed by atoms with Gasteiger partial charge in [-0.15, -0.1) is 0 Å². The van der Waals surface area contributed by atoms with Gasteiger partial charge in [0.2, 0.25) is 5.88 Å². The van der Waals surface area contributed by atoms with Crippen LogP contribution in [0.5, 0.6) is 5.88 Å². The summed E-state index contributed by atoms with van der Waals surface area (Å²) in [5.74, 6) is 1.15. The summed E-state index contributed by atoms with van der Waals surface area (Å²) < 4.78 is 6.86. The summed E-state index contributed by atoms with van der Waals surface area (Å²) in [5, 5.41) is 7.27. The van der Waals surface area contributed by atoms with E-state index in [2.05, 4.69) is 15.4 Å². The molecular formula is C11H15N5O. The zero-order valence-corrected chi connectivity index (χ0v) is 9.84. The second kappa shape index (κ2) is 4.73. The third kappa shape index (κ3) is 2.47. The fraction of sp³-hybridized carbons (Fsp3) is 0.273. The van der Waals surface area contributed by atoms with Crippen molar-refractivity contribution in [3.05, 3.63) is 30.1 Å². The lowest BCUT2D eigenvalue weighted by molar-refractivity contribution is 0.401. The second-order valence-corrected chi connectivity index (χ2v) is 3.59. The molecule has 0 radical (unpaired) electrons. The van der Waals surface area contributed by atoms with Crippen LogP contribution in [0.3, 0.4) is 0 Å². The lowest BCUT2D eigenvalue weighted by Gasteiger charge is -2.08. The zero-order valence-electron chi connectivity index (χ0n) is 9.84. The minimum atomic E-state index is 0.431. The Hall–Kier alpha value is -2.24. The largest absolute Gasteiger partial charge is 0.479 e. The summed E-state index contributed by atoms with van der Waals surface area (Å²) in [7, 11) is 3.44. The molecule has 3 N–H and O–H groups in total. The number of hydrogen-bond donors (Lipinski definition) is 2. The van der Waals surface area contributed by atoms with E-state index in [-0.39, 0.29) is 0 Å². The Morgan fingerprint density at radius 3 is 2.88 bits per heavy atom. The van der Waals surface area contributed by atoms with Crippen LogP contribution < -0.4 is 15.8 Å². The highest BCUT2D eigenvalue weighted by Crippen LogP contribution is 2.20. The lowest BCUT2D eigenvalue weighted by atomic mass is 10.3. The summed E-state index contributed by atoms with van der Waals surface area (Å²) >= 11 is 0. The van der Waals surface area contributed by atoms with Gasteiger partial charge in [0.05, 0.1) is 25.0 Å². The Kier molecular flexibility index (Phi) is 3.13. The standard InChI is InChI=1S/C11H15N5O/c1-16-8(5-6-14-16)7-13-10-4-3-9(12)11(15-10)17-2/h3-6H,7,12H2,1-2H3,(H,13,15). The Labute approximate surface area is 99.4 Å². The molecule has 17 heavy (non-hydrogen) atoms. The van der Waals surface area contributed by atoms with Crippen LogP contribution in [0.1, 0.15) is 5.69 Å².